The normalized spacial score (nSPS) is 13.3. The lowest BCUT2D eigenvalue weighted by Crippen LogP contribution is -2.48. The van der Waals surface area contributed by atoms with Crippen LogP contribution in [0, 0.1) is 20.8 Å². The van der Waals surface area contributed by atoms with Crippen molar-refractivity contribution in [2.45, 2.75) is 33.6 Å². The first-order chi connectivity index (χ1) is 16.6. The zero-order chi connectivity index (χ0) is 23.5. The van der Waals surface area contributed by atoms with Gasteiger partial charge in [-0.05, 0) is 51.3 Å². The fourth-order valence-electron chi connectivity index (χ4n) is 5.11. The highest BCUT2D eigenvalue weighted by Gasteiger charge is 2.30. The summed E-state index contributed by atoms with van der Waals surface area (Å²) in [5.41, 5.74) is 11.8. The van der Waals surface area contributed by atoms with Gasteiger partial charge in [0.25, 0.3) is 6.71 Å². The van der Waals surface area contributed by atoms with Gasteiger partial charge in [-0.25, -0.2) is 0 Å². The van der Waals surface area contributed by atoms with Gasteiger partial charge < -0.3 is 0 Å². The summed E-state index contributed by atoms with van der Waals surface area (Å²) in [6.45, 7) is 6.59. The highest BCUT2D eigenvalue weighted by atomic mass is 14.8. The molecule has 0 fully saturated rings. The van der Waals surface area contributed by atoms with Crippen LogP contribution in [-0.4, -0.2) is 17.4 Å². The summed E-state index contributed by atoms with van der Waals surface area (Å²) in [5, 5.41) is 0. The Morgan fingerprint density at radius 1 is 0.706 bits per heavy atom. The largest absolute Gasteiger partial charge is 0.288 e. The maximum Gasteiger partial charge on any atom is 0.288 e. The van der Waals surface area contributed by atoms with E-state index in [4.69, 9.17) is 9.98 Å². The number of aliphatic imine (C=N–C) groups is 1. The lowest BCUT2D eigenvalue weighted by atomic mass is 9.38. The molecule has 0 unspecified atom stereocenters. The summed E-state index contributed by atoms with van der Waals surface area (Å²) in [7, 11) is 0. The molecule has 0 saturated carbocycles. The Hall–Kier alpha value is -3.72. The SMILES string of the molecule is Cc1cc(C)c(B(C2=CCCC(c3ccccc3)=N2)c2cccc(-c3ccccc3)n2)c(C)c1. The van der Waals surface area contributed by atoms with E-state index < -0.39 is 0 Å². The van der Waals surface area contributed by atoms with Crippen LogP contribution in [0.1, 0.15) is 35.1 Å². The molecule has 3 heteroatoms. The molecule has 34 heavy (non-hydrogen) atoms. The quantitative estimate of drug-likeness (QED) is 0.350. The van der Waals surface area contributed by atoms with Crippen LogP contribution in [0.5, 0.6) is 0 Å². The van der Waals surface area contributed by atoms with Crippen LogP contribution >= 0.6 is 0 Å². The number of aromatic nitrogens is 1. The van der Waals surface area contributed by atoms with Crippen LogP contribution in [0.25, 0.3) is 11.3 Å². The molecule has 1 aliphatic heterocycles. The number of pyridine rings is 1. The molecule has 1 aliphatic rings. The van der Waals surface area contributed by atoms with Crippen LogP contribution < -0.4 is 11.1 Å². The third kappa shape index (κ3) is 4.52. The first kappa shape index (κ1) is 22.1. The van der Waals surface area contributed by atoms with Crippen LogP contribution in [0.4, 0.5) is 0 Å². The third-order valence-corrected chi connectivity index (χ3v) is 6.56. The Bertz CT molecular complexity index is 1350. The van der Waals surface area contributed by atoms with Gasteiger partial charge >= 0.3 is 0 Å². The number of benzene rings is 3. The smallest absolute Gasteiger partial charge is 0.267 e. The molecule has 5 rings (SSSR count). The Kier molecular flexibility index (Phi) is 6.27. The van der Waals surface area contributed by atoms with Crippen molar-refractivity contribution in [3.8, 4) is 11.3 Å². The van der Waals surface area contributed by atoms with Crippen molar-refractivity contribution in [1.82, 2.24) is 4.98 Å². The molecule has 0 bridgehead atoms. The van der Waals surface area contributed by atoms with Crippen molar-refractivity contribution in [3.05, 3.63) is 125 Å². The van der Waals surface area contributed by atoms with Crippen LogP contribution in [0.15, 0.2) is 108 Å². The molecule has 0 N–H and O–H groups in total. The maximum atomic E-state index is 5.25. The highest BCUT2D eigenvalue weighted by Crippen LogP contribution is 2.21. The molecule has 0 radical (unpaired) electrons. The molecule has 0 atom stereocenters. The van der Waals surface area contributed by atoms with E-state index in [1.54, 1.807) is 0 Å². The molecule has 2 nitrogen and oxygen atoms in total. The molecular formula is C31H29BN2. The average Bonchev–Trinajstić information content (AvgIpc) is 2.87. The highest BCUT2D eigenvalue weighted by molar-refractivity contribution is 6.91. The van der Waals surface area contributed by atoms with Gasteiger partial charge in [0.15, 0.2) is 0 Å². The van der Waals surface area contributed by atoms with E-state index in [9.17, 15) is 0 Å². The van der Waals surface area contributed by atoms with Gasteiger partial charge in [-0.15, -0.1) is 0 Å². The number of aryl methyl sites for hydroxylation is 3. The van der Waals surface area contributed by atoms with Gasteiger partial charge in [0.2, 0.25) is 0 Å². The zero-order valence-electron chi connectivity index (χ0n) is 20.1. The molecule has 0 spiro atoms. The minimum Gasteiger partial charge on any atom is -0.267 e. The summed E-state index contributed by atoms with van der Waals surface area (Å²) >= 11 is 0. The minimum absolute atomic E-state index is 0.0109. The van der Waals surface area contributed by atoms with Crippen molar-refractivity contribution >= 4 is 23.5 Å². The van der Waals surface area contributed by atoms with E-state index in [2.05, 4.69) is 112 Å². The van der Waals surface area contributed by atoms with Crippen molar-refractivity contribution in [1.29, 1.82) is 0 Å². The zero-order valence-corrected chi connectivity index (χ0v) is 20.1. The molecule has 0 amide bonds. The molecule has 0 saturated heterocycles. The summed E-state index contributed by atoms with van der Waals surface area (Å²) in [5.74, 6) is 0. The summed E-state index contributed by atoms with van der Waals surface area (Å²) < 4.78 is 0. The van der Waals surface area contributed by atoms with Gasteiger partial charge in [0.05, 0.1) is 5.69 Å². The van der Waals surface area contributed by atoms with Crippen molar-refractivity contribution < 1.29 is 0 Å². The third-order valence-electron chi connectivity index (χ3n) is 6.56. The second-order valence-corrected chi connectivity index (χ2v) is 9.15. The second kappa shape index (κ2) is 9.65. The predicted octanol–water partition coefficient (Wildman–Crippen LogP) is 5.99. The lowest BCUT2D eigenvalue weighted by molar-refractivity contribution is 1.05. The number of nitrogens with zero attached hydrogens (tertiary/aromatic N) is 2. The van der Waals surface area contributed by atoms with Crippen LogP contribution in [0.2, 0.25) is 0 Å². The van der Waals surface area contributed by atoms with Crippen molar-refractivity contribution in [2.75, 3.05) is 0 Å². The average molecular weight is 440 g/mol. The molecule has 3 aromatic carbocycles. The van der Waals surface area contributed by atoms with Gasteiger partial charge in [-0.2, -0.15) is 0 Å². The van der Waals surface area contributed by atoms with Crippen molar-refractivity contribution in [3.63, 3.8) is 0 Å². The molecule has 0 aliphatic carbocycles. The minimum atomic E-state index is -0.0109. The van der Waals surface area contributed by atoms with E-state index >= 15 is 0 Å². The van der Waals surface area contributed by atoms with Gasteiger partial charge in [-0.1, -0.05) is 107 Å². The second-order valence-electron chi connectivity index (χ2n) is 9.15. The maximum absolute atomic E-state index is 5.25. The monoisotopic (exact) mass is 440 g/mol. The summed E-state index contributed by atoms with van der Waals surface area (Å²) in [6, 6.07) is 31.9. The van der Waals surface area contributed by atoms with E-state index in [0.29, 0.717) is 0 Å². The lowest BCUT2D eigenvalue weighted by Gasteiger charge is -2.23. The van der Waals surface area contributed by atoms with Gasteiger partial charge in [0.1, 0.15) is 0 Å². The fraction of sp³-hybridized carbons (Fsp3) is 0.161. The Morgan fingerprint density at radius 2 is 1.35 bits per heavy atom. The molecule has 2 heterocycles. The van der Waals surface area contributed by atoms with Crippen LogP contribution in [0.3, 0.4) is 0 Å². The van der Waals surface area contributed by atoms with E-state index in [1.165, 1.54) is 27.7 Å². The van der Waals surface area contributed by atoms with Gasteiger partial charge in [0, 0.05) is 22.5 Å². The Morgan fingerprint density at radius 3 is 2.03 bits per heavy atom. The topological polar surface area (TPSA) is 25.2 Å². The molecule has 1 aromatic heterocycles. The van der Waals surface area contributed by atoms with E-state index in [1.807, 2.05) is 6.07 Å². The Labute approximate surface area is 203 Å². The van der Waals surface area contributed by atoms with E-state index in [-0.39, 0.29) is 6.71 Å². The van der Waals surface area contributed by atoms with Crippen LogP contribution in [-0.2, 0) is 0 Å². The summed E-state index contributed by atoms with van der Waals surface area (Å²) in [6.07, 6.45) is 4.26. The van der Waals surface area contributed by atoms with Gasteiger partial charge in [-0.3, -0.25) is 9.98 Å². The van der Waals surface area contributed by atoms with Crippen molar-refractivity contribution in [2.24, 2.45) is 4.99 Å². The number of rotatable bonds is 5. The van der Waals surface area contributed by atoms with E-state index in [0.717, 1.165) is 41.0 Å². The fourth-order valence-corrected chi connectivity index (χ4v) is 5.11. The molecular weight excluding hydrogens is 411 g/mol. The summed E-state index contributed by atoms with van der Waals surface area (Å²) in [4.78, 5) is 10.4. The predicted molar refractivity (Wildman–Crippen MR) is 146 cm³/mol. The first-order valence-corrected chi connectivity index (χ1v) is 12.0. The standard InChI is InChI=1S/C31H29BN2/c1-22-20-23(2)31(24(3)21-22)32(29-18-10-16-27(33-29)25-12-6-4-7-13-25)30-19-11-17-28(34-30)26-14-8-5-9-15-26/h4-10,12-16,18-21H,11,17H2,1-3H3. The molecule has 166 valence electrons. The molecule has 4 aromatic rings. The number of allylic oxidation sites excluding steroid dienone is 1. The Balaban J connectivity index is 1.67. The number of hydrogen-bond acceptors (Lipinski definition) is 2. The number of hydrogen-bond donors (Lipinski definition) is 0. The first-order valence-electron chi connectivity index (χ1n) is 12.0.